The fraction of sp³-hybridized carbons (Fsp3) is 0.385. The minimum Gasteiger partial charge on any atom is -0.379 e. The van der Waals surface area contributed by atoms with Crippen LogP contribution in [0, 0.1) is 11.7 Å². The molecule has 3 heterocycles. The van der Waals surface area contributed by atoms with Gasteiger partial charge in [0.2, 0.25) is 16.9 Å². The van der Waals surface area contributed by atoms with Crippen molar-refractivity contribution in [2.24, 2.45) is 5.92 Å². The molecule has 1 atom stereocenters. The predicted octanol–water partition coefficient (Wildman–Crippen LogP) is 4.36. The third kappa shape index (κ3) is 7.06. The standard InChI is InChI=1S/C26H27ClFN5O3S.ClH/c27-20-5-1-17(2-6-20)4-8-23-30-31-26(37-23)29-25(35)19-14-24(34)33(16-19)22-7-3-18(13-21(22)28)15-32-9-11-36-12-10-32;/h1-3,5-7,13,19H,4,8-12,14-16H2,(H,29,31,35);1H. The highest BCUT2D eigenvalue weighted by Crippen LogP contribution is 2.29. The number of rotatable bonds is 8. The van der Waals surface area contributed by atoms with Crippen molar-refractivity contribution in [3.05, 3.63) is 69.4 Å². The first-order valence-electron chi connectivity index (χ1n) is 12.2. The van der Waals surface area contributed by atoms with Crippen LogP contribution in [0.15, 0.2) is 42.5 Å². The molecule has 1 N–H and O–H groups in total. The molecular formula is C26H28Cl2FN5O3S. The molecule has 0 aliphatic carbocycles. The molecule has 2 aliphatic heterocycles. The Labute approximate surface area is 235 Å². The molecule has 12 heteroatoms. The van der Waals surface area contributed by atoms with Crippen LogP contribution in [0.3, 0.4) is 0 Å². The number of anilines is 2. The van der Waals surface area contributed by atoms with Crippen LogP contribution >= 0.6 is 35.3 Å². The van der Waals surface area contributed by atoms with Crippen molar-refractivity contribution in [1.29, 1.82) is 0 Å². The molecule has 202 valence electrons. The second-order valence-corrected chi connectivity index (χ2v) is 10.7. The molecule has 3 aromatic rings. The van der Waals surface area contributed by atoms with E-state index in [9.17, 15) is 14.0 Å². The maximum Gasteiger partial charge on any atom is 0.231 e. The quantitative estimate of drug-likeness (QED) is 0.426. The lowest BCUT2D eigenvalue weighted by Gasteiger charge is -2.27. The third-order valence-electron chi connectivity index (χ3n) is 6.55. The van der Waals surface area contributed by atoms with Crippen LogP contribution in [-0.4, -0.2) is 59.8 Å². The van der Waals surface area contributed by atoms with Crippen molar-refractivity contribution >= 4 is 58.0 Å². The van der Waals surface area contributed by atoms with Gasteiger partial charge in [0.1, 0.15) is 10.8 Å². The van der Waals surface area contributed by atoms with Crippen LogP contribution in [0.25, 0.3) is 0 Å². The Morgan fingerprint density at radius 2 is 1.84 bits per heavy atom. The Morgan fingerprint density at radius 3 is 2.58 bits per heavy atom. The topological polar surface area (TPSA) is 87.7 Å². The lowest BCUT2D eigenvalue weighted by atomic mass is 10.1. The van der Waals surface area contributed by atoms with Crippen molar-refractivity contribution in [3.8, 4) is 0 Å². The number of halogens is 3. The molecule has 8 nitrogen and oxygen atoms in total. The molecule has 0 spiro atoms. The molecule has 0 saturated carbocycles. The van der Waals surface area contributed by atoms with Crippen molar-refractivity contribution in [2.75, 3.05) is 43.1 Å². The van der Waals surface area contributed by atoms with E-state index in [2.05, 4.69) is 20.4 Å². The first-order chi connectivity index (χ1) is 17.9. The molecule has 5 rings (SSSR count). The minimum absolute atomic E-state index is 0. The summed E-state index contributed by atoms with van der Waals surface area (Å²) in [6, 6.07) is 12.6. The van der Waals surface area contributed by atoms with Crippen molar-refractivity contribution in [1.82, 2.24) is 15.1 Å². The smallest absolute Gasteiger partial charge is 0.231 e. The number of morpholine rings is 1. The van der Waals surface area contributed by atoms with Gasteiger partial charge < -0.3 is 15.0 Å². The van der Waals surface area contributed by atoms with Crippen molar-refractivity contribution in [3.63, 3.8) is 0 Å². The summed E-state index contributed by atoms with van der Waals surface area (Å²) in [6.07, 6.45) is 1.48. The van der Waals surface area contributed by atoms with Gasteiger partial charge in [-0.15, -0.1) is 22.6 Å². The summed E-state index contributed by atoms with van der Waals surface area (Å²) in [6.45, 7) is 3.71. The van der Waals surface area contributed by atoms with Gasteiger partial charge in [-0.2, -0.15) is 0 Å². The van der Waals surface area contributed by atoms with Gasteiger partial charge in [-0.05, 0) is 41.8 Å². The summed E-state index contributed by atoms with van der Waals surface area (Å²) in [7, 11) is 0. The highest BCUT2D eigenvalue weighted by atomic mass is 35.5. The molecule has 2 fully saturated rings. The van der Waals surface area contributed by atoms with Crippen molar-refractivity contribution < 1.29 is 18.7 Å². The normalized spacial score (nSPS) is 17.9. The molecule has 0 radical (unpaired) electrons. The molecule has 1 aromatic heterocycles. The van der Waals surface area contributed by atoms with E-state index in [1.165, 1.54) is 22.3 Å². The van der Waals surface area contributed by atoms with E-state index >= 15 is 0 Å². The Bertz CT molecular complexity index is 1270. The molecule has 0 bridgehead atoms. The average molecular weight is 581 g/mol. The summed E-state index contributed by atoms with van der Waals surface area (Å²) in [5.41, 5.74) is 2.18. The fourth-order valence-electron chi connectivity index (χ4n) is 4.52. The Morgan fingerprint density at radius 1 is 1.11 bits per heavy atom. The second kappa shape index (κ2) is 12.9. The molecule has 2 aliphatic rings. The van der Waals surface area contributed by atoms with Crippen molar-refractivity contribution in [2.45, 2.75) is 25.8 Å². The number of carbonyl (C=O) groups excluding carboxylic acids is 2. The van der Waals surface area contributed by atoms with Crippen LogP contribution < -0.4 is 10.2 Å². The lowest BCUT2D eigenvalue weighted by molar-refractivity contribution is -0.122. The Balaban J connectivity index is 0.00000336. The highest BCUT2D eigenvalue weighted by molar-refractivity contribution is 7.15. The number of carbonyl (C=O) groups is 2. The maximum atomic E-state index is 15.0. The summed E-state index contributed by atoms with van der Waals surface area (Å²) in [5, 5.41) is 12.9. The zero-order chi connectivity index (χ0) is 25.8. The molecule has 2 amide bonds. The monoisotopic (exact) mass is 579 g/mol. The average Bonchev–Trinajstić information content (AvgIpc) is 3.51. The first kappa shape index (κ1) is 28.4. The summed E-state index contributed by atoms with van der Waals surface area (Å²) in [5.74, 6) is -1.66. The summed E-state index contributed by atoms with van der Waals surface area (Å²) >= 11 is 7.23. The molecule has 38 heavy (non-hydrogen) atoms. The number of nitrogens with one attached hydrogen (secondary N) is 1. The number of benzene rings is 2. The SMILES string of the molecule is Cl.O=C(Nc1nnc(CCc2ccc(Cl)cc2)s1)C1CC(=O)N(c2ccc(CN3CCOCC3)cc2F)C1. The van der Waals surface area contributed by atoms with Gasteiger partial charge in [0.25, 0.3) is 0 Å². The molecule has 2 saturated heterocycles. The number of ether oxygens (including phenoxy) is 1. The van der Waals surface area contributed by atoms with Crippen LogP contribution in [0.1, 0.15) is 22.6 Å². The zero-order valence-corrected chi connectivity index (χ0v) is 23.0. The molecule has 1 unspecified atom stereocenters. The van der Waals surface area contributed by atoms with Gasteiger partial charge in [0.15, 0.2) is 0 Å². The van der Waals surface area contributed by atoms with E-state index in [0.717, 1.165) is 35.6 Å². The van der Waals surface area contributed by atoms with E-state index in [1.54, 1.807) is 6.07 Å². The van der Waals surface area contributed by atoms with Gasteiger partial charge in [0, 0.05) is 44.0 Å². The van der Waals surface area contributed by atoms with Gasteiger partial charge in [-0.25, -0.2) is 4.39 Å². The number of hydrogen-bond donors (Lipinski definition) is 1. The maximum absolute atomic E-state index is 15.0. The number of aryl methyl sites for hydroxylation is 2. The first-order valence-corrected chi connectivity index (χ1v) is 13.4. The molecular weight excluding hydrogens is 552 g/mol. The lowest BCUT2D eigenvalue weighted by Crippen LogP contribution is -2.35. The van der Waals surface area contributed by atoms with Crippen LogP contribution in [0.2, 0.25) is 5.02 Å². The van der Waals surface area contributed by atoms with Gasteiger partial charge in [-0.1, -0.05) is 41.1 Å². The number of nitrogens with zero attached hydrogens (tertiary/aromatic N) is 4. The Hall–Kier alpha value is -2.63. The number of aromatic nitrogens is 2. The fourth-order valence-corrected chi connectivity index (χ4v) is 5.38. The van der Waals surface area contributed by atoms with Gasteiger partial charge >= 0.3 is 0 Å². The van der Waals surface area contributed by atoms with Crippen LogP contribution in [0.5, 0.6) is 0 Å². The minimum atomic E-state index is -0.596. The number of amides is 2. The predicted molar refractivity (Wildman–Crippen MR) is 148 cm³/mol. The second-order valence-electron chi connectivity index (χ2n) is 9.20. The highest BCUT2D eigenvalue weighted by Gasteiger charge is 2.36. The van der Waals surface area contributed by atoms with Crippen LogP contribution in [-0.2, 0) is 33.7 Å². The largest absolute Gasteiger partial charge is 0.379 e. The van der Waals surface area contributed by atoms with E-state index in [1.807, 2.05) is 30.3 Å². The van der Waals surface area contributed by atoms with E-state index in [-0.39, 0.29) is 42.9 Å². The van der Waals surface area contributed by atoms with Gasteiger partial charge in [0.05, 0.1) is 24.8 Å². The van der Waals surface area contributed by atoms with E-state index in [4.69, 9.17) is 16.3 Å². The van der Waals surface area contributed by atoms with Crippen LogP contribution in [0.4, 0.5) is 15.2 Å². The zero-order valence-electron chi connectivity index (χ0n) is 20.6. The van der Waals surface area contributed by atoms with Gasteiger partial charge in [-0.3, -0.25) is 14.5 Å². The number of hydrogen-bond acceptors (Lipinski definition) is 7. The third-order valence-corrected chi connectivity index (χ3v) is 7.70. The Kier molecular flexibility index (Phi) is 9.67. The summed E-state index contributed by atoms with van der Waals surface area (Å²) < 4.78 is 20.3. The van der Waals surface area contributed by atoms with E-state index < -0.39 is 11.7 Å². The molecule has 2 aromatic carbocycles. The summed E-state index contributed by atoms with van der Waals surface area (Å²) in [4.78, 5) is 29.1. The van der Waals surface area contributed by atoms with E-state index in [0.29, 0.717) is 36.3 Å².